The van der Waals surface area contributed by atoms with Crippen molar-refractivity contribution in [3.63, 3.8) is 0 Å². The lowest BCUT2D eigenvalue weighted by atomic mass is 9.77. The predicted octanol–water partition coefficient (Wildman–Crippen LogP) is 8.30. The fourth-order valence-electron chi connectivity index (χ4n) is 4.30. The minimum Gasteiger partial charge on any atom is -0.429 e. The highest BCUT2D eigenvalue weighted by atomic mass is 19.3. The molecule has 0 unspecified atom stereocenters. The molecule has 0 N–H and O–H groups in total. The molecule has 3 rings (SSSR count). The van der Waals surface area contributed by atoms with Crippen molar-refractivity contribution < 1.29 is 40.2 Å². The number of rotatable bonds is 9. The van der Waals surface area contributed by atoms with Gasteiger partial charge in [0.25, 0.3) is 0 Å². The zero-order chi connectivity index (χ0) is 24.2. The number of halogens is 7. The van der Waals surface area contributed by atoms with Crippen molar-refractivity contribution in [1.29, 1.82) is 0 Å². The molecule has 2 nitrogen and oxygen atoms in total. The molecule has 9 heteroatoms. The Labute approximate surface area is 187 Å². The summed E-state index contributed by atoms with van der Waals surface area (Å²) in [6, 6.07) is 3.88. The van der Waals surface area contributed by atoms with Crippen LogP contribution in [0.1, 0.15) is 68.9 Å². The summed E-state index contributed by atoms with van der Waals surface area (Å²) in [5.74, 6) is -6.25. The molecule has 0 amide bonds. The first kappa shape index (κ1) is 25.2. The summed E-state index contributed by atoms with van der Waals surface area (Å²) in [6.45, 7) is -1.37. The van der Waals surface area contributed by atoms with Gasteiger partial charge < -0.3 is 9.47 Å². The molecule has 1 aliphatic carbocycles. The zero-order valence-corrected chi connectivity index (χ0v) is 18.0. The summed E-state index contributed by atoms with van der Waals surface area (Å²) in [4.78, 5) is 0. The summed E-state index contributed by atoms with van der Waals surface area (Å²) >= 11 is 0. The highest BCUT2D eigenvalue weighted by Gasteiger charge is 2.38. The van der Waals surface area contributed by atoms with Gasteiger partial charge in [0, 0.05) is 12.1 Å². The van der Waals surface area contributed by atoms with E-state index in [2.05, 4.69) is 16.4 Å². The fourth-order valence-corrected chi connectivity index (χ4v) is 4.30. The Morgan fingerprint density at radius 3 is 2.12 bits per heavy atom. The van der Waals surface area contributed by atoms with Crippen LogP contribution in [-0.4, -0.2) is 6.61 Å². The molecule has 0 aliphatic heterocycles. The SMILES string of the molecule is CCCC[C@H]1CC[C@H](c2ccc(C(F)(F)Oc3cc(F)c(OC(F)F)c(F)c3)c(F)c2)CC1. The quantitative estimate of drug-likeness (QED) is 0.338. The van der Waals surface area contributed by atoms with E-state index in [1.165, 1.54) is 12.5 Å². The van der Waals surface area contributed by atoms with Crippen molar-refractivity contribution in [1.82, 2.24) is 0 Å². The molecule has 1 fully saturated rings. The molecule has 2 aromatic carbocycles. The van der Waals surface area contributed by atoms with Gasteiger partial charge in [0.2, 0.25) is 0 Å². The van der Waals surface area contributed by atoms with E-state index >= 15 is 0 Å². The van der Waals surface area contributed by atoms with Gasteiger partial charge in [-0.15, -0.1) is 0 Å². The van der Waals surface area contributed by atoms with Crippen LogP contribution in [0.4, 0.5) is 30.7 Å². The molecular weight excluding hydrogens is 453 g/mol. The van der Waals surface area contributed by atoms with E-state index in [1.54, 1.807) is 0 Å². The number of benzene rings is 2. The van der Waals surface area contributed by atoms with Crippen molar-refractivity contribution in [2.24, 2.45) is 5.92 Å². The smallest absolute Gasteiger partial charge is 0.429 e. The lowest BCUT2D eigenvalue weighted by Crippen LogP contribution is -2.24. The topological polar surface area (TPSA) is 18.5 Å². The molecule has 0 atom stereocenters. The van der Waals surface area contributed by atoms with Crippen LogP contribution in [0.5, 0.6) is 11.5 Å². The Kier molecular flexibility index (Phi) is 8.13. The van der Waals surface area contributed by atoms with Gasteiger partial charge in [-0.3, -0.25) is 0 Å². The van der Waals surface area contributed by atoms with Crippen LogP contribution >= 0.6 is 0 Å². The maximum Gasteiger partial charge on any atom is 0.429 e. The van der Waals surface area contributed by atoms with Crippen LogP contribution in [0.25, 0.3) is 0 Å². The van der Waals surface area contributed by atoms with E-state index in [1.807, 2.05) is 0 Å². The van der Waals surface area contributed by atoms with Crippen LogP contribution in [0, 0.1) is 23.4 Å². The molecular formula is C24H25F7O2. The zero-order valence-electron chi connectivity index (χ0n) is 18.0. The average Bonchev–Trinajstić information content (AvgIpc) is 2.74. The summed E-state index contributed by atoms with van der Waals surface area (Å²) in [6.07, 6.45) is 2.93. The Balaban J connectivity index is 1.71. The predicted molar refractivity (Wildman–Crippen MR) is 108 cm³/mol. The molecule has 0 spiro atoms. The van der Waals surface area contributed by atoms with Gasteiger partial charge in [-0.1, -0.05) is 32.3 Å². The monoisotopic (exact) mass is 478 g/mol. The van der Waals surface area contributed by atoms with Gasteiger partial charge in [0.1, 0.15) is 11.6 Å². The maximum atomic E-state index is 14.6. The highest BCUT2D eigenvalue weighted by Crippen LogP contribution is 2.40. The van der Waals surface area contributed by atoms with E-state index in [4.69, 9.17) is 0 Å². The van der Waals surface area contributed by atoms with Gasteiger partial charge >= 0.3 is 12.7 Å². The van der Waals surface area contributed by atoms with Crippen molar-refractivity contribution >= 4 is 0 Å². The minimum atomic E-state index is -4.26. The van der Waals surface area contributed by atoms with Gasteiger partial charge in [-0.25, -0.2) is 13.2 Å². The van der Waals surface area contributed by atoms with Gasteiger partial charge in [-0.05, 0) is 55.2 Å². The van der Waals surface area contributed by atoms with Crippen LogP contribution in [0.3, 0.4) is 0 Å². The van der Waals surface area contributed by atoms with Gasteiger partial charge in [0.05, 0.1) is 5.56 Å². The third-order valence-corrected chi connectivity index (χ3v) is 6.02. The van der Waals surface area contributed by atoms with Gasteiger partial charge in [-0.2, -0.15) is 17.6 Å². The Bertz CT molecular complexity index is 917. The third kappa shape index (κ3) is 6.32. The average molecular weight is 478 g/mol. The normalized spacial score (nSPS) is 19.1. The van der Waals surface area contributed by atoms with Crippen LogP contribution in [-0.2, 0) is 6.11 Å². The summed E-state index contributed by atoms with van der Waals surface area (Å²) < 4.78 is 104. The minimum absolute atomic E-state index is 0.0755. The molecule has 182 valence electrons. The standard InChI is InChI=1S/C24H25F7O2/c1-2-3-4-14-5-7-15(8-6-14)16-9-10-18(19(25)11-16)24(30,31)33-17-12-20(26)22(21(27)13-17)32-23(28)29/h9-15,23H,2-8H2,1H3/t14-,15-. The Hall–Kier alpha value is -2.45. The lowest BCUT2D eigenvalue weighted by molar-refractivity contribution is -0.187. The second-order valence-corrected chi connectivity index (χ2v) is 8.31. The number of hydrogen-bond acceptors (Lipinski definition) is 2. The number of ether oxygens (including phenoxy) is 2. The van der Waals surface area contributed by atoms with E-state index < -0.39 is 47.2 Å². The van der Waals surface area contributed by atoms with E-state index in [9.17, 15) is 30.7 Å². The Morgan fingerprint density at radius 2 is 1.58 bits per heavy atom. The molecule has 33 heavy (non-hydrogen) atoms. The molecule has 0 bridgehead atoms. The first-order chi connectivity index (χ1) is 15.6. The molecule has 2 aromatic rings. The Morgan fingerprint density at radius 1 is 0.939 bits per heavy atom. The molecule has 0 radical (unpaired) electrons. The summed E-state index contributed by atoms with van der Waals surface area (Å²) in [5, 5.41) is 0. The van der Waals surface area contributed by atoms with Crippen molar-refractivity contribution in [2.45, 2.75) is 70.5 Å². The highest BCUT2D eigenvalue weighted by molar-refractivity contribution is 5.36. The molecule has 0 heterocycles. The van der Waals surface area contributed by atoms with Crippen molar-refractivity contribution in [2.75, 3.05) is 0 Å². The van der Waals surface area contributed by atoms with E-state index in [0.717, 1.165) is 50.7 Å². The number of unbranched alkanes of at least 4 members (excludes halogenated alkanes) is 1. The largest absolute Gasteiger partial charge is 0.429 e. The molecule has 1 aliphatic rings. The number of alkyl halides is 4. The van der Waals surface area contributed by atoms with Crippen LogP contribution in [0.2, 0.25) is 0 Å². The molecule has 0 saturated heterocycles. The fraction of sp³-hybridized carbons (Fsp3) is 0.500. The lowest BCUT2D eigenvalue weighted by Gasteiger charge is -2.29. The first-order valence-corrected chi connectivity index (χ1v) is 10.9. The van der Waals surface area contributed by atoms with Crippen molar-refractivity contribution in [3.05, 3.63) is 58.9 Å². The molecule has 0 aromatic heterocycles. The van der Waals surface area contributed by atoms with Crippen molar-refractivity contribution in [3.8, 4) is 11.5 Å². The second kappa shape index (κ2) is 10.7. The third-order valence-electron chi connectivity index (χ3n) is 6.02. The maximum absolute atomic E-state index is 14.6. The van der Waals surface area contributed by atoms with E-state index in [0.29, 0.717) is 11.5 Å². The molecule has 1 saturated carbocycles. The second-order valence-electron chi connectivity index (χ2n) is 8.31. The first-order valence-electron chi connectivity index (χ1n) is 10.9. The van der Waals surface area contributed by atoms with E-state index in [-0.39, 0.29) is 18.1 Å². The van der Waals surface area contributed by atoms with Crippen LogP contribution < -0.4 is 9.47 Å². The van der Waals surface area contributed by atoms with Crippen LogP contribution in [0.15, 0.2) is 30.3 Å². The van der Waals surface area contributed by atoms with Gasteiger partial charge in [0.15, 0.2) is 17.4 Å². The summed E-state index contributed by atoms with van der Waals surface area (Å²) in [7, 11) is 0. The number of hydrogen-bond donors (Lipinski definition) is 0. The summed E-state index contributed by atoms with van der Waals surface area (Å²) in [5.41, 5.74) is -0.483.